The minimum absolute atomic E-state index is 0.00417. The van der Waals surface area contributed by atoms with Gasteiger partial charge in [0, 0.05) is 14.1 Å². The third kappa shape index (κ3) is 1.93. The van der Waals surface area contributed by atoms with Crippen molar-refractivity contribution in [3.63, 3.8) is 0 Å². The molecule has 78 valence electrons. The zero-order valence-corrected chi connectivity index (χ0v) is 8.58. The number of Topliss-reactive ketones (excluding diaryl/α,β-unsaturated/α-hetero) is 1. The van der Waals surface area contributed by atoms with Crippen LogP contribution in [0.15, 0.2) is 18.7 Å². The lowest BCUT2D eigenvalue weighted by atomic mass is 10.2. The largest absolute Gasteiger partial charge is 0.331 e. The standard InChI is InChI=1S/C9H11N5O/c1-13-6-10-5-8(13)9(15)3-7-4-11-14(2)12-7/h4-6H,3H2,1-2H3. The van der Waals surface area contributed by atoms with Crippen molar-refractivity contribution < 1.29 is 4.79 Å². The Morgan fingerprint density at radius 3 is 2.73 bits per heavy atom. The van der Waals surface area contributed by atoms with Gasteiger partial charge >= 0.3 is 0 Å². The average molecular weight is 205 g/mol. The molecule has 0 N–H and O–H groups in total. The fraction of sp³-hybridized carbons (Fsp3) is 0.333. The van der Waals surface area contributed by atoms with Crippen molar-refractivity contribution in [2.75, 3.05) is 0 Å². The van der Waals surface area contributed by atoms with Crippen LogP contribution in [-0.2, 0) is 20.5 Å². The van der Waals surface area contributed by atoms with Gasteiger partial charge in [-0.05, 0) is 0 Å². The van der Waals surface area contributed by atoms with Crippen LogP contribution < -0.4 is 0 Å². The number of carbonyl (C=O) groups excluding carboxylic acids is 1. The summed E-state index contributed by atoms with van der Waals surface area (Å²) in [6.45, 7) is 0. The third-order valence-electron chi connectivity index (χ3n) is 2.09. The monoisotopic (exact) mass is 205 g/mol. The van der Waals surface area contributed by atoms with Crippen molar-refractivity contribution >= 4 is 5.78 Å². The predicted molar refractivity (Wildman–Crippen MR) is 52.2 cm³/mol. The molecule has 0 aliphatic carbocycles. The molecule has 0 unspecified atom stereocenters. The van der Waals surface area contributed by atoms with Gasteiger partial charge in [0.15, 0.2) is 5.78 Å². The van der Waals surface area contributed by atoms with E-state index in [0.717, 1.165) is 0 Å². The van der Waals surface area contributed by atoms with E-state index in [1.54, 1.807) is 37.4 Å². The summed E-state index contributed by atoms with van der Waals surface area (Å²) in [6, 6.07) is 0. The van der Waals surface area contributed by atoms with E-state index in [0.29, 0.717) is 11.4 Å². The van der Waals surface area contributed by atoms with Gasteiger partial charge in [-0.15, -0.1) is 0 Å². The number of ketones is 1. The molecule has 0 bridgehead atoms. The lowest BCUT2D eigenvalue weighted by Crippen LogP contribution is -2.09. The van der Waals surface area contributed by atoms with E-state index in [2.05, 4.69) is 15.2 Å². The molecule has 6 nitrogen and oxygen atoms in total. The van der Waals surface area contributed by atoms with Gasteiger partial charge in [0.2, 0.25) is 0 Å². The number of rotatable bonds is 3. The SMILES string of the molecule is Cn1ncc(CC(=O)c2cncn2C)n1. The maximum atomic E-state index is 11.8. The molecule has 2 aromatic heterocycles. The second-order valence-electron chi connectivity index (χ2n) is 3.32. The van der Waals surface area contributed by atoms with E-state index in [1.807, 2.05) is 0 Å². The summed E-state index contributed by atoms with van der Waals surface area (Å²) in [5, 5.41) is 7.95. The van der Waals surface area contributed by atoms with Crippen molar-refractivity contribution in [1.82, 2.24) is 24.5 Å². The van der Waals surface area contributed by atoms with Crippen LogP contribution in [0.4, 0.5) is 0 Å². The highest BCUT2D eigenvalue weighted by Crippen LogP contribution is 2.03. The molecule has 15 heavy (non-hydrogen) atoms. The number of imidazole rings is 1. The quantitative estimate of drug-likeness (QED) is 0.660. The highest BCUT2D eigenvalue weighted by molar-refractivity contribution is 5.95. The van der Waals surface area contributed by atoms with Gasteiger partial charge in [-0.3, -0.25) is 4.79 Å². The maximum Gasteiger partial charge on any atom is 0.186 e. The van der Waals surface area contributed by atoms with E-state index in [4.69, 9.17) is 0 Å². The van der Waals surface area contributed by atoms with Crippen LogP contribution in [0, 0.1) is 0 Å². The average Bonchev–Trinajstić information content (AvgIpc) is 2.75. The van der Waals surface area contributed by atoms with Crippen LogP contribution in [0.2, 0.25) is 0 Å². The summed E-state index contributed by atoms with van der Waals surface area (Å²) in [6.07, 6.45) is 5.00. The molecule has 0 radical (unpaired) electrons. The van der Waals surface area contributed by atoms with Crippen molar-refractivity contribution in [2.24, 2.45) is 14.1 Å². The maximum absolute atomic E-state index is 11.8. The second-order valence-corrected chi connectivity index (χ2v) is 3.32. The second kappa shape index (κ2) is 3.64. The molecule has 0 amide bonds. The molecule has 0 spiro atoms. The van der Waals surface area contributed by atoms with Crippen LogP contribution in [0.25, 0.3) is 0 Å². The molecule has 6 heteroatoms. The number of carbonyl (C=O) groups is 1. The van der Waals surface area contributed by atoms with E-state index in [-0.39, 0.29) is 12.2 Å². The summed E-state index contributed by atoms with van der Waals surface area (Å²) in [7, 11) is 3.51. The first-order valence-corrected chi connectivity index (χ1v) is 4.51. The Kier molecular flexibility index (Phi) is 2.32. The van der Waals surface area contributed by atoms with Gasteiger partial charge in [0.25, 0.3) is 0 Å². The van der Waals surface area contributed by atoms with Gasteiger partial charge in [-0.1, -0.05) is 0 Å². The lowest BCUT2D eigenvalue weighted by molar-refractivity contribution is 0.0984. The molecule has 0 aromatic carbocycles. The molecule has 0 saturated carbocycles. The first kappa shape index (κ1) is 9.57. The smallest absolute Gasteiger partial charge is 0.186 e. The Hall–Kier alpha value is -1.98. The molecule has 0 aliphatic heterocycles. The number of hydrogen-bond acceptors (Lipinski definition) is 4. The fourth-order valence-electron chi connectivity index (χ4n) is 1.35. The Bertz CT molecular complexity index is 484. The number of aryl methyl sites for hydroxylation is 2. The van der Waals surface area contributed by atoms with Crippen LogP contribution >= 0.6 is 0 Å². The van der Waals surface area contributed by atoms with Gasteiger partial charge < -0.3 is 4.57 Å². The number of nitrogens with zero attached hydrogens (tertiary/aromatic N) is 5. The summed E-state index contributed by atoms with van der Waals surface area (Å²) in [4.78, 5) is 17.1. The summed E-state index contributed by atoms with van der Waals surface area (Å²) in [5.41, 5.74) is 1.25. The van der Waals surface area contributed by atoms with Crippen LogP contribution in [-0.4, -0.2) is 30.3 Å². The van der Waals surface area contributed by atoms with Crippen molar-refractivity contribution in [2.45, 2.75) is 6.42 Å². The van der Waals surface area contributed by atoms with Crippen LogP contribution in [0.3, 0.4) is 0 Å². The van der Waals surface area contributed by atoms with Gasteiger partial charge in [-0.25, -0.2) is 4.98 Å². The van der Waals surface area contributed by atoms with E-state index in [9.17, 15) is 4.79 Å². The molecule has 0 atom stereocenters. The summed E-state index contributed by atoms with van der Waals surface area (Å²) in [5.74, 6) is -0.00417. The highest BCUT2D eigenvalue weighted by atomic mass is 16.1. The highest BCUT2D eigenvalue weighted by Gasteiger charge is 2.12. The van der Waals surface area contributed by atoms with Crippen molar-refractivity contribution in [3.05, 3.63) is 30.1 Å². The number of aromatic nitrogens is 5. The first-order valence-electron chi connectivity index (χ1n) is 4.51. The van der Waals surface area contributed by atoms with E-state index >= 15 is 0 Å². The molecule has 0 fully saturated rings. The number of hydrogen-bond donors (Lipinski definition) is 0. The Balaban J connectivity index is 2.14. The molecule has 0 saturated heterocycles. The molecular weight excluding hydrogens is 194 g/mol. The minimum atomic E-state index is -0.00417. The molecular formula is C9H11N5O. The predicted octanol–water partition coefficient (Wildman–Crippen LogP) is -0.0260. The fourth-order valence-corrected chi connectivity index (χ4v) is 1.35. The van der Waals surface area contributed by atoms with Gasteiger partial charge in [0.1, 0.15) is 5.69 Å². The molecule has 0 aliphatic rings. The van der Waals surface area contributed by atoms with Crippen molar-refractivity contribution in [1.29, 1.82) is 0 Å². The Morgan fingerprint density at radius 1 is 1.40 bits per heavy atom. The topological polar surface area (TPSA) is 65.6 Å². The zero-order valence-electron chi connectivity index (χ0n) is 8.58. The summed E-state index contributed by atoms with van der Waals surface area (Å²) < 4.78 is 1.69. The lowest BCUT2D eigenvalue weighted by Gasteiger charge is -1.98. The Morgan fingerprint density at radius 2 is 2.20 bits per heavy atom. The van der Waals surface area contributed by atoms with E-state index in [1.165, 1.54) is 4.80 Å². The van der Waals surface area contributed by atoms with E-state index < -0.39 is 0 Å². The third-order valence-corrected chi connectivity index (χ3v) is 2.09. The minimum Gasteiger partial charge on any atom is -0.331 e. The molecule has 2 rings (SSSR count). The molecule has 2 heterocycles. The summed E-state index contributed by atoms with van der Waals surface area (Å²) >= 11 is 0. The van der Waals surface area contributed by atoms with Gasteiger partial charge in [0.05, 0.1) is 30.8 Å². The van der Waals surface area contributed by atoms with Crippen molar-refractivity contribution in [3.8, 4) is 0 Å². The van der Waals surface area contributed by atoms with Crippen LogP contribution in [0.1, 0.15) is 16.2 Å². The van der Waals surface area contributed by atoms with Gasteiger partial charge in [-0.2, -0.15) is 15.0 Å². The zero-order chi connectivity index (χ0) is 10.8. The first-order chi connectivity index (χ1) is 7.16. The Labute approximate surface area is 86.5 Å². The molecule has 2 aromatic rings. The van der Waals surface area contributed by atoms with Crippen LogP contribution in [0.5, 0.6) is 0 Å². The normalized spacial score (nSPS) is 10.5.